The molecule has 1 aliphatic carbocycles. The maximum atomic E-state index is 13.4. The first-order valence-corrected chi connectivity index (χ1v) is 14.7. The van der Waals surface area contributed by atoms with Crippen molar-refractivity contribution in [1.29, 1.82) is 0 Å². The van der Waals surface area contributed by atoms with Crippen LogP contribution < -0.4 is 0 Å². The monoisotopic (exact) mass is 541 g/mol. The largest absolute Gasteiger partial charge is 0.460 e. The number of carbonyl (C=O) groups excluding carboxylic acids is 3. The second-order valence-corrected chi connectivity index (χ2v) is 12.7. The number of hydrogen-bond donors (Lipinski definition) is 0. The van der Waals surface area contributed by atoms with E-state index in [4.69, 9.17) is 4.74 Å². The third-order valence-corrected chi connectivity index (χ3v) is 8.89. The number of imide groups is 1. The van der Waals surface area contributed by atoms with Crippen LogP contribution in [0.3, 0.4) is 0 Å². The van der Waals surface area contributed by atoms with Crippen molar-refractivity contribution < 1.29 is 19.1 Å². The molecular formula is C33H35NO4S. The number of fused-ring (bicyclic) bond motifs is 1. The van der Waals surface area contributed by atoms with Crippen LogP contribution in [0.4, 0.5) is 0 Å². The smallest absolute Gasteiger partial charge is 0.310 e. The van der Waals surface area contributed by atoms with Gasteiger partial charge in [0.1, 0.15) is 5.60 Å². The van der Waals surface area contributed by atoms with Crippen LogP contribution in [0.15, 0.2) is 78.9 Å². The maximum absolute atomic E-state index is 13.4. The van der Waals surface area contributed by atoms with Gasteiger partial charge in [-0.1, -0.05) is 66.7 Å². The normalized spacial score (nSPS) is 20.8. The number of amides is 2. The third-order valence-electron chi connectivity index (χ3n) is 7.49. The molecule has 3 atom stereocenters. The zero-order chi connectivity index (χ0) is 27.6. The zero-order valence-corrected chi connectivity index (χ0v) is 23.6. The number of hydrogen-bond acceptors (Lipinski definition) is 5. The van der Waals surface area contributed by atoms with E-state index >= 15 is 0 Å². The highest BCUT2D eigenvalue weighted by Crippen LogP contribution is 2.42. The van der Waals surface area contributed by atoms with Gasteiger partial charge < -0.3 is 4.74 Å². The molecule has 202 valence electrons. The Labute approximate surface area is 234 Å². The van der Waals surface area contributed by atoms with Gasteiger partial charge in [0.2, 0.25) is 0 Å². The molecule has 6 heteroatoms. The van der Waals surface area contributed by atoms with Gasteiger partial charge in [0, 0.05) is 11.8 Å². The van der Waals surface area contributed by atoms with Crippen LogP contribution in [-0.2, 0) is 16.0 Å². The highest BCUT2D eigenvalue weighted by atomic mass is 32.2. The molecule has 0 N–H and O–H groups in total. The Morgan fingerprint density at radius 2 is 1.44 bits per heavy atom. The van der Waals surface area contributed by atoms with Crippen molar-refractivity contribution in [2.45, 2.75) is 50.9 Å². The predicted octanol–water partition coefficient (Wildman–Crippen LogP) is 6.66. The average molecular weight is 542 g/mol. The first-order chi connectivity index (χ1) is 18.7. The van der Waals surface area contributed by atoms with E-state index < -0.39 is 5.60 Å². The van der Waals surface area contributed by atoms with Gasteiger partial charge in [-0.15, -0.1) is 0 Å². The molecule has 2 amide bonds. The molecule has 0 saturated heterocycles. The lowest BCUT2D eigenvalue weighted by Crippen LogP contribution is -2.40. The van der Waals surface area contributed by atoms with Crippen molar-refractivity contribution >= 4 is 29.5 Å². The van der Waals surface area contributed by atoms with Gasteiger partial charge in [0.05, 0.1) is 17.0 Å². The topological polar surface area (TPSA) is 63.7 Å². The van der Waals surface area contributed by atoms with Crippen LogP contribution in [0, 0.1) is 11.8 Å². The van der Waals surface area contributed by atoms with E-state index in [1.165, 1.54) is 21.6 Å². The van der Waals surface area contributed by atoms with Crippen molar-refractivity contribution in [2.24, 2.45) is 11.8 Å². The van der Waals surface area contributed by atoms with Gasteiger partial charge in [0.15, 0.2) is 0 Å². The summed E-state index contributed by atoms with van der Waals surface area (Å²) in [6.07, 6.45) is 2.54. The Balaban J connectivity index is 1.25. The van der Waals surface area contributed by atoms with Crippen LogP contribution in [0.2, 0.25) is 0 Å². The van der Waals surface area contributed by atoms with E-state index in [1.54, 1.807) is 36.0 Å². The molecule has 39 heavy (non-hydrogen) atoms. The predicted molar refractivity (Wildman–Crippen MR) is 156 cm³/mol. The molecule has 0 unspecified atom stereocenters. The number of aryl methyl sites for hydroxylation is 1. The summed E-state index contributed by atoms with van der Waals surface area (Å²) in [5, 5.41) is 0.0867. The van der Waals surface area contributed by atoms with Gasteiger partial charge >= 0.3 is 5.97 Å². The average Bonchev–Trinajstić information content (AvgIpc) is 3.43. The SMILES string of the molecule is CC(C)(C)OC(=O)[C@H]1[C@H](CN2C(=O)c3ccccc3C2=O)CC[C@@H]1SCCc1ccc(-c2ccccc2)cc1. The molecule has 1 heterocycles. The minimum Gasteiger partial charge on any atom is -0.460 e. The number of carbonyl (C=O) groups is 3. The number of nitrogens with zero attached hydrogens (tertiary/aromatic N) is 1. The molecule has 0 radical (unpaired) electrons. The maximum Gasteiger partial charge on any atom is 0.310 e. The molecule has 3 aromatic carbocycles. The molecule has 3 aromatic rings. The lowest BCUT2D eigenvalue weighted by molar-refractivity contribution is -0.161. The van der Waals surface area contributed by atoms with Crippen molar-refractivity contribution in [2.75, 3.05) is 12.3 Å². The lowest BCUT2D eigenvalue weighted by atomic mass is 9.95. The number of rotatable bonds is 8. The first-order valence-electron chi connectivity index (χ1n) is 13.7. The Kier molecular flexibility index (Phi) is 7.94. The van der Waals surface area contributed by atoms with E-state index in [0.717, 1.165) is 25.0 Å². The summed E-state index contributed by atoms with van der Waals surface area (Å²) in [5.74, 6) is -0.369. The van der Waals surface area contributed by atoms with Crippen LogP contribution >= 0.6 is 11.8 Å². The Hall–Kier alpha value is -3.38. The zero-order valence-electron chi connectivity index (χ0n) is 22.8. The molecule has 1 saturated carbocycles. The van der Waals surface area contributed by atoms with Crippen LogP contribution in [-0.4, -0.2) is 45.8 Å². The number of esters is 1. The highest BCUT2D eigenvalue weighted by Gasteiger charge is 2.46. The van der Waals surface area contributed by atoms with E-state index in [0.29, 0.717) is 11.1 Å². The molecule has 1 aliphatic heterocycles. The van der Waals surface area contributed by atoms with E-state index in [9.17, 15) is 14.4 Å². The van der Waals surface area contributed by atoms with Gasteiger partial charge in [-0.05, 0) is 80.5 Å². The summed E-state index contributed by atoms with van der Waals surface area (Å²) < 4.78 is 5.84. The fourth-order valence-corrected chi connectivity index (χ4v) is 7.11. The number of thioether (sulfide) groups is 1. The summed E-state index contributed by atoms with van der Waals surface area (Å²) in [4.78, 5) is 40.8. The highest BCUT2D eigenvalue weighted by molar-refractivity contribution is 7.99. The number of benzene rings is 3. The Morgan fingerprint density at radius 3 is 2.05 bits per heavy atom. The van der Waals surface area contributed by atoms with Crippen LogP contribution in [0.5, 0.6) is 0 Å². The molecule has 1 fully saturated rings. The standard InChI is InChI=1S/C33H35NO4S/c1-33(2,3)38-32(37)29-25(21-34-30(35)26-11-7-8-12-27(26)31(34)36)17-18-28(29)39-20-19-22-13-15-24(16-14-22)23-9-5-4-6-10-23/h4-16,25,28-29H,17-21H2,1-3H3/t25-,28-,29-/m0/s1. The van der Waals surface area contributed by atoms with E-state index in [1.807, 2.05) is 39.0 Å². The first kappa shape index (κ1) is 27.2. The molecule has 5 rings (SSSR count). The van der Waals surface area contributed by atoms with Crippen molar-refractivity contribution in [3.8, 4) is 11.1 Å². The van der Waals surface area contributed by atoms with Gasteiger partial charge in [-0.3, -0.25) is 19.3 Å². The van der Waals surface area contributed by atoms with Gasteiger partial charge in [0.25, 0.3) is 11.8 Å². The molecule has 0 bridgehead atoms. The minimum absolute atomic E-state index is 0.0867. The Bertz CT molecular complexity index is 1310. The Morgan fingerprint density at radius 1 is 0.846 bits per heavy atom. The van der Waals surface area contributed by atoms with Crippen molar-refractivity contribution in [3.63, 3.8) is 0 Å². The summed E-state index contributed by atoms with van der Waals surface area (Å²) in [7, 11) is 0. The van der Waals surface area contributed by atoms with Gasteiger partial charge in [-0.25, -0.2) is 0 Å². The quantitative estimate of drug-likeness (QED) is 0.236. The van der Waals surface area contributed by atoms with E-state index in [2.05, 4.69) is 36.4 Å². The number of ether oxygens (including phenoxy) is 1. The second-order valence-electron chi connectivity index (χ2n) is 11.4. The molecule has 2 aliphatic rings. The summed E-state index contributed by atoms with van der Waals surface area (Å²) in [6.45, 7) is 5.87. The molecule has 0 spiro atoms. The molecule has 0 aromatic heterocycles. The third kappa shape index (κ3) is 6.11. The summed E-state index contributed by atoms with van der Waals surface area (Å²) in [5.41, 5.74) is 3.95. The minimum atomic E-state index is -0.602. The van der Waals surface area contributed by atoms with Crippen LogP contribution in [0.25, 0.3) is 11.1 Å². The summed E-state index contributed by atoms with van der Waals surface area (Å²) in [6, 6.07) is 25.9. The van der Waals surface area contributed by atoms with Crippen molar-refractivity contribution in [1.82, 2.24) is 4.90 Å². The fourth-order valence-electron chi connectivity index (χ4n) is 5.61. The summed E-state index contributed by atoms with van der Waals surface area (Å²) >= 11 is 1.80. The molecular weight excluding hydrogens is 506 g/mol. The second kappa shape index (κ2) is 11.4. The van der Waals surface area contributed by atoms with Gasteiger partial charge in [-0.2, -0.15) is 11.8 Å². The van der Waals surface area contributed by atoms with Crippen molar-refractivity contribution in [3.05, 3.63) is 95.6 Å². The lowest BCUT2D eigenvalue weighted by Gasteiger charge is -2.29. The fraction of sp³-hybridized carbons (Fsp3) is 0.364. The van der Waals surface area contributed by atoms with E-state index in [-0.39, 0.29) is 41.4 Å². The van der Waals surface area contributed by atoms with Crippen LogP contribution in [0.1, 0.15) is 59.9 Å². The molecule has 5 nitrogen and oxygen atoms in total.